The maximum absolute atomic E-state index is 11.5. The van der Waals surface area contributed by atoms with Gasteiger partial charge in [0.15, 0.2) is 0 Å². The van der Waals surface area contributed by atoms with E-state index < -0.39 is 10.2 Å². The fraction of sp³-hybridized carbons (Fsp3) is 0.273. The van der Waals surface area contributed by atoms with Crippen molar-refractivity contribution in [2.75, 3.05) is 14.1 Å². The average Bonchev–Trinajstić information content (AvgIpc) is 2.85. The van der Waals surface area contributed by atoms with Gasteiger partial charge >= 0.3 is 0 Å². The Bertz CT molecular complexity index is 699. The van der Waals surface area contributed by atoms with Gasteiger partial charge in [-0.2, -0.15) is 17.4 Å². The van der Waals surface area contributed by atoms with E-state index in [1.54, 1.807) is 24.3 Å². The molecule has 2 rings (SSSR count). The van der Waals surface area contributed by atoms with Crippen molar-refractivity contribution in [1.29, 1.82) is 0 Å². The molecule has 20 heavy (non-hydrogen) atoms. The molecule has 0 aliphatic heterocycles. The van der Waals surface area contributed by atoms with Crippen LogP contribution in [0.25, 0.3) is 11.5 Å². The molecule has 1 aromatic carbocycles. The van der Waals surface area contributed by atoms with E-state index in [2.05, 4.69) is 14.9 Å². The van der Waals surface area contributed by atoms with Gasteiger partial charge in [0.2, 0.25) is 11.8 Å². The first-order valence-electron chi connectivity index (χ1n) is 5.64. The first-order chi connectivity index (χ1) is 9.40. The molecule has 1 aromatic heterocycles. The Morgan fingerprint density at radius 2 is 2.00 bits per heavy atom. The molecule has 0 amide bonds. The molecule has 7 nitrogen and oxygen atoms in total. The van der Waals surface area contributed by atoms with Crippen molar-refractivity contribution >= 4 is 21.8 Å². The number of nitrogens with zero attached hydrogens (tertiary/aromatic N) is 3. The van der Waals surface area contributed by atoms with Gasteiger partial charge < -0.3 is 4.42 Å². The molecule has 9 heteroatoms. The maximum atomic E-state index is 11.5. The zero-order valence-electron chi connectivity index (χ0n) is 10.9. The fourth-order valence-corrected chi connectivity index (χ4v) is 2.13. The summed E-state index contributed by atoms with van der Waals surface area (Å²) < 4.78 is 31.8. The summed E-state index contributed by atoms with van der Waals surface area (Å²) in [6.45, 7) is -0.0854. The fourth-order valence-electron chi connectivity index (χ4n) is 1.35. The molecule has 0 aliphatic rings. The maximum Gasteiger partial charge on any atom is 0.279 e. The van der Waals surface area contributed by atoms with Crippen LogP contribution < -0.4 is 4.72 Å². The van der Waals surface area contributed by atoms with Crippen LogP contribution in [0, 0.1) is 0 Å². The third-order valence-corrected chi connectivity index (χ3v) is 4.26. The van der Waals surface area contributed by atoms with Gasteiger partial charge in [-0.3, -0.25) is 0 Å². The van der Waals surface area contributed by atoms with E-state index in [4.69, 9.17) is 16.0 Å². The number of nitrogens with one attached hydrogen (secondary N) is 1. The topological polar surface area (TPSA) is 88.3 Å². The predicted octanol–water partition coefficient (Wildman–Crippen LogP) is 1.29. The highest BCUT2D eigenvalue weighted by Crippen LogP contribution is 2.26. The summed E-state index contributed by atoms with van der Waals surface area (Å²) in [6.07, 6.45) is 0. The lowest BCUT2D eigenvalue weighted by atomic mass is 10.2. The molecule has 1 heterocycles. The van der Waals surface area contributed by atoms with Gasteiger partial charge in [0, 0.05) is 14.1 Å². The highest BCUT2D eigenvalue weighted by atomic mass is 35.5. The summed E-state index contributed by atoms with van der Waals surface area (Å²) in [7, 11) is -0.687. The molecule has 1 N–H and O–H groups in total. The monoisotopic (exact) mass is 316 g/mol. The summed E-state index contributed by atoms with van der Waals surface area (Å²) >= 11 is 6.01. The second-order valence-electron chi connectivity index (χ2n) is 4.09. The number of rotatable bonds is 5. The second kappa shape index (κ2) is 5.88. The van der Waals surface area contributed by atoms with Crippen molar-refractivity contribution < 1.29 is 12.8 Å². The SMILES string of the molecule is CN(C)S(=O)(=O)NCc1nnc(-c2ccccc2Cl)o1. The number of hydrogen-bond acceptors (Lipinski definition) is 5. The average molecular weight is 317 g/mol. The van der Waals surface area contributed by atoms with Gasteiger partial charge in [-0.05, 0) is 12.1 Å². The Morgan fingerprint density at radius 3 is 2.65 bits per heavy atom. The zero-order chi connectivity index (χ0) is 14.8. The second-order valence-corrected chi connectivity index (χ2v) is 6.47. The van der Waals surface area contributed by atoms with Crippen LogP contribution in [0.3, 0.4) is 0 Å². The first-order valence-corrected chi connectivity index (χ1v) is 7.46. The minimum atomic E-state index is -3.53. The Balaban J connectivity index is 2.13. The molecule has 0 atom stereocenters. The molecular formula is C11H13ClN4O3S. The van der Waals surface area contributed by atoms with Crippen LogP contribution in [0.5, 0.6) is 0 Å². The molecule has 0 saturated carbocycles. The quantitative estimate of drug-likeness (QED) is 0.898. The van der Waals surface area contributed by atoms with Crippen molar-refractivity contribution in [2.24, 2.45) is 0 Å². The largest absolute Gasteiger partial charge is 0.419 e. The third kappa shape index (κ3) is 3.34. The lowest BCUT2D eigenvalue weighted by Crippen LogP contribution is -2.35. The van der Waals surface area contributed by atoms with Crippen LogP contribution in [0.1, 0.15) is 5.89 Å². The standard InChI is InChI=1S/C11H13ClN4O3S/c1-16(2)20(17,18)13-7-10-14-15-11(19-10)8-5-3-4-6-9(8)12/h3-6,13H,7H2,1-2H3. The van der Waals surface area contributed by atoms with Gasteiger partial charge in [-0.15, -0.1) is 10.2 Å². The summed E-state index contributed by atoms with van der Waals surface area (Å²) in [5.41, 5.74) is 0.600. The Hall–Kier alpha value is -1.48. The van der Waals surface area contributed by atoms with Crippen molar-refractivity contribution in [1.82, 2.24) is 19.2 Å². The Kier molecular flexibility index (Phi) is 4.39. The number of halogens is 1. The predicted molar refractivity (Wildman–Crippen MR) is 74.2 cm³/mol. The van der Waals surface area contributed by atoms with Gasteiger partial charge in [0.05, 0.1) is 17.1 Å². The summed E-state index contributed by atoms with van der Waals surface area (Å²) in [6, 6.07) is 7.02. The molecule has 2 aromatic rings. The minimum absolute atomic E-state index is 0.0854. The van der Waals surface area contributed by atoms with Gasteiger partial charge in [0.1, 0.15) is 0 Å². The third-order valence-electron chi connectivity index (χ3n) is 2.46. The van der Waals surface area contributed by atoms with Gasteiger partial charge in [-0.25, -0.2) is 0 Å². The molecule has 0 aliphatic carbocycles. The Labute approximate surface area is 121 Å². The molecule has 0 saturated heterocycles. The molecule has 0 spiro atoms. The van der Waals surface area contributed by atoms with E-state index >= 15 is 0 Å². The van der Waals surface area contributed by atoms with Crippen LogP contribution in [-0.4, -0.2) is 37.0 Å². The lowest BCUT2D eigenvalue weighted by Gasteiger charge is -2.10. The van der Waals surface area contributed by atoms with Crippen LogP contribution in [-0.2, 0) is 16.8 Å². The van der Waals surface area contributed by atoms with Gasteiger partial charge in [0.25, 0.3) is 10.2 Å². The van der Waals surface area contributed by atoms with Crippen molar-refractivity contribution in [3.63, 3.8) is 0 Å². The highest BCUT2D eigenvalue weighted by molar-refractivity contribution is 7.87. The molecule has 108 valence electrons. The molecular weight excluding hydrogens is 304 g/mol. The highest BCUT2D eigenvalue weighted by Gasteiger charge is 2.16. The lowest BCUT2D eigenvalue weighted by molar-refractivity contribution is 0.474. The first kappa shape index (κ1) is 14.9. The molecule has 0 bridgehead atoms. The van der Waals surface area contributed by atoms with E-state index in [9.17, 15) is 8.42 Å². The number of benzene rings is 1. The number of aromatic nitrogens is 2. The van der Waals surface area contributed by atoms with Gasteiger partial charge in [-0.1, -0.05) is 23.7 Å². The minimum Gasteiger partial charge on any atom is -0.419 e. The van der Waals surface area contributed by atoms with Crippen LogP contribution >= 0.6 is 11.6 Å². The molecule has 0 fully saturated rings. The Morgan fingerprint density at radius 1 is 1.30 bits per heavy atom. The normalized spacial score (nSPS) is 12.0. The van der Waals surface area contributed by atoms with Crippen LogP contribution in [0.2, 0.25) is 5.02 Å². The molecule has 0 unspecified atom stereocenters. The number of hydrogen-bond donors (Lipinski definition) is 1. The van der Waals surface area contributed by atoms with Crippen LogP contribution in [0.15, 0.2) is 28.7 Å². The van der Waals surface area contributed by atoms with E-state index in [-0.39, 0.29) is 18.3 Å². The summed E-state index contributed by atoms with van der Waals surface area (Å²) in [5, 5.41) is 8.10. The van der Waals surface area contributed by atoms with Crippen LogP contribution in [0.4, 0.5) is 0 Å². The summed E-state index contributed by atoms with van der Waals surface area (Å²) in [5.74, 6) is 0.403. The van der Waals surface area contributed by atoms with E-state index in [0.717, 1.165) is 4.31 Å². The van der Waals surface area contributed by atoms with Crippen molar-refractivity contribution in [3.8, 4) is 11.5 Å². The van der Waals surface area contributed by atoms with E-state index in [1.807, 2.05) is 0 Å². The summed E-state index contributed by atoms with van der Waals surface area (Å²) in [4.78, 5) is 0. The van der Waals surface area contributed by atoms with Crippen molar-refractivity contribution in [2.45, 2.75) is 6.54 Å². The van der Waals surface area contributed by atoms with E-state index in [0.29, 0.717) is 10.6 Å². The molecule has 0 radical (unpaired) electrons. The zero-order valence-corrected chi connectivity index (χ0v) is 12.4. The van der Waals surface area contributed by atoms with Crippen molar-refractivity contribution in [3.05, 3.63) is 35.2 Å². The van der Waals surface area contributed by atoms with E-state index in [1.165, 1.54) is 14.1 Å². The smallest absolute Gasteiger partial charge is 0.279 e.